The van der Waals surface area contributed by atoms with E-state index in [0.29, 0.717) is 5.71 Å². The molecular formula is C58H32N2O3. The third-order valence-electron chi connectivity index (χ3n) is 12.9. The van der Waals surface area contributed by atoms with Crippen molar-refractivity contribution in [3.63, 3.8) is 0 Å². The van der Waals surface area contributed by atoms with Crippen LogP contribution in [0.2, 0.25) is 0 Å². The molecule has 0 spiro atoms. The van der Waals surface area contributed by atoms with E-state index in [4.69, 9.17) is 23.2 Å². The first-order valence-electron chi connectivity index (χ1n) is 21.2. The fraction of sp³-hybridized carbons (Fsp3) is 0. The molecule has 5 heteroatoms. The van der Waals surface area contributed by atoms with Gasteiger partial charge < -0.3 is 13.3 Å². The Bertz CT molecular complexity index is 4230. The molecule has 0 unspecified atom stereocenters. The minimum absolute atomic E-state index is 0.536. The van der Waals surface area contributed by atoms with Crippen LogP contribution in [0, 0.1) is 0 Å². The van der Waals surface area contributed by atoms with E-state index in [1.165, 1.54) is 0 Å². The van der Waals surface area contributed by atoms with Crippen molar-refractivity contribution in [1.29, 1.82) is 0 Å². The molecule has 4 aromatic heterocycles. The van der Waals surface area contributed by atoms with Crippen LogP contribution in [0.15, 0.2) is 207 Å². The quantitative estimate of drug-likeness (QED) is 0.166. The van der Waals surface area contributed by atoms with Gasteiger partial charge in [0.25, 0.3) is 0 Å². The van der Waals surface area contributed by atoms with Crippen molar-refractivity contribution >= 4 is 98.7 Å². The molecule has 0 atom stereocenters. The molecule has 0 N–H and O–H groups in total. The standard InChI is InChI=1S/C58H32N2O3/c1-4-22-50-41(15-1)45-20-9-18-39(56(45)61-50)37-13-7-11-33(29-37)35-25-27-43-48(31-35)49-32-36(26-28-44(49)54-53(43)59-55-47-17-3-6-24-52(47)63-58(55)60-54)34-12-8-14-38(30-34)40-19-10-21-46-42-16-2-5-23-51(42)62-57(40)46/h1-32H. The molecule has 4 heterocycles. The van der Waals surface area contributed by atoms with E-state index in [0.717, 1.165) is 137 Å². The van der Waals surface area contributed by atoms with E-state index in [1.807, 2.05) is 42.5 Å². The van der Waals surface area contributed by atoms with Gasteiger partial charge in [-0.25, -0.2) is 9.97 Å². The minimum Gasteiger partial charge on any atom is -0.455 e. The second-order valence-electron chi connectivity index (χ2n) is 16.4. The highest BCUT2D eigenvalue weighted by Crippen LogP contribution is 2.43. The Morgan fingerprint density at radius 2 is 0.683 bits per heavy atom. The van der Waals surface area contributed by atoms with E-state index < -0.39 is 0 Å². The van der Waals surface area contributed by atoms with Gasteiger partial charge in [-0.1, -0.05) is 146 Å². The lowest BCUT2D eigenvalue weighted by Crippen LogP contribution is -1.92. The molecule has 0 aliphatic rings. The molecular weight excluding hydrogens is 773 g/mol. The van der Waals surface area contributed by atoms with Gasteiger partial charge in [0.15, 0.2) is 0 Å². The van der Waals surface area contributed by atoms with Crippen LogP contribution in [0.25, 0.3) is 143 Å². The average Bonchev–Trinajstić information content (AvgIpc) is 4.04. The summed E-state index contributed by atoms with van der Waals surface area (Å²) in [5.74, 6) is 0. The molecule has 0 saturated heterocycles. The van der Waals surface area contributed by atoms with Gasteiger partial charge in [-0.2, -0.15) is 0 Å². The molecule has 14 aromatic rings. The average molecular weight is 805 g/mol. The Hall–Kier alpha value is -8.54. The molecule has 10 aromatic carbocycles. The Morgan fingerprint density at radius 3 is 1.24 bits per heavy atom. The second-order valence-corrected chi connectivity index (χ2v) is 16.4. The molecule has 0 bridgehead atoms. The molecule has 292 valence electrons. The summed E-state index contributed by atoms with van der Waals surface area (Å²) in [5.41, 5.74) is 16.1. The zero-order valence-corrected chi connectivity index (χ0v) is 33.6. The number of fused-ring (bicyclic) bond motifs is 15. The second kappa shape index (κ2) is 13.0. The fourth-order valence-corrected chi connectivity index (χ4v) is 9.89. The number of nitrogens with zero attached hydrogens (tertiary/aromatic N) is 2. The van der Waals surface area contributed by atoms with Crippen molar-refractivity contribution in [2.45, 2.75) is 0 Å². The summed E-state index contributed by atoms with van der Waals surface area (Å²) in [4.78, 5) is 10.6. The maximum absolute atomic E-state index is 6.47. The van der Waals surface area contributed by atoms with Crippen LogP contribution in [0.4, 0.5) is 0 Å². The SMILES string of the molecule is c1cc(-c2ccc3c(c2)c2cc(-c4cccc(-c5cccc6c5oc5ccccc56)c4)ccc2c2nc4c(nc32)oc2ccccc24)cc(-c2cccc3c2oc2ccccc23)c1. The number of furan rings is 3. The first-order valence-corrected chi connectivity index (χ1v) is 21.2. The Labute approximate surface area is 359 Å². The maximum Gasteiger partial charge on any atom is 0.246 e. The Kier molecular flexibility index (Phi) is 7.05. The van der Waals surface area contributed by atoms with E-state index in [9.17, 15) is 0 Å². The van der Waals surface area contributed by atoms with Crippen LogP contribution in [0.5, 0.6) is 0 Å². The van der Waals surface area contributed by atoms with Crippen LogP contribution < -0.4 is 0 Å². The number of hydrogen-bond acceptors (Lipinski definition) is 5. The van der Waals surface area contributed by atoms with Gasteiger partial charge in [0.2, 0.25) is 5.71 Å². The van der Waals surface area contributed by atoms with Crippen molar-refractivity contribution in [1.82, 2.24) is 9.97 Å². The number of benzene rings is 10. The minimum atomic E-state index is 0.536. The lowest BCUT2D eigenvalue weighted by molar-refractivity contribution is 0.655. The van der Waals surface area contributed by atoms with Crippen molar-refractivity contribution < 1.29 is 13.3 Å². The number of aromatic nitrogens is 2. The fourth-order valence-electron chi connectivity index (χ4n) is 9.89. The zero-order valence-electron chi connectivity index (χ0n) is 33.6. The highest BCUT2D eigenvalue weighted by molar-refractivity contribution is 6.25. The van der Waals surface area contributed by atoms with Crippen LogP contribution in [-0.4, -0.2) is 9.97 Å². The number of para-hydroxylation sites is 5. The summed E-state index contributed by atoms with van der Waals surface area (Å²) >= 11 is 0. The van der Waals surface area contributed by atoms with E-state index in [2.05, 4.69) is 152 Å². The van der Waals surface area contributed by atoms with Gasteiger partial charge in [-0.05, 0) is 92.7 Å². The monoisotopic (exact) mass is 804 g/mol. The highest BCUT2D eigenvalue weighted by Gasteiger charge is 2.19. The van der Waals surface area contributed by atoms with Crippen molar-refractivity contribution in [2.75, 3.05) is 0 Å². The van der Waals surface area contributed by atoms with Crippen molar-refractivity contribution in [2.24, 2.45) is 0 Å². The molecule has 5 nitrogen and oxygen atoms in total. The Balaban J connectivity index is 0.973. The van der Waals surface area contributed by atoms with Crippen LogP contribution in [-0.2, 0) is 0 Å². The van der Waals surface area contributed by atoms with Crippen molar-refractivity contribution in [3.8, 4) is 44.5 Å². The summed E-state index contributed by atoms with van der Waals surface area (Å²) in [7, 11) is 0. The molecule has 0 fully saturated rings. The summed E-state index contributed by atoms with van der Waals surface area (Å²) in [5, 5.41) is 9.68. The molecule has 0 aliphatic heterocycles. The first kappa shape index (κ1) is 34.2. The predicted octanol–water partition coefficient (Wildman–Crippen LogP) is 16.3. The smallest absolute Gasteiger partial charge is 0.246 e. The lowest BCUT2D eigenvalue weighted by atomic mass is 9.91. The van der Waals surface area contributed by atoms with E-state index >= 15 is 0 Å². The van der Waals surface area contributed by atoms with Gasteiger partial charge in [0, 0.05) is 48.8 Å². The molecule has 0 saturated carbocycles. The van der Waals surface area contributed by atoms with Gasteiger partial charge in [0.1, 0.15) is 38.9 Å². The van der Waals surface area contributed by atoms with Crippen molar-refractivity contribution in [3.05, 3.63) is 194 Å². The zero-order chi connectivity index (χ0) is 41.2. The highest BCUT2D eigenvalue weighted by atomic mass is 16.3. The van der Waals surface area contributed by atoms with E-state index in [-0.39, 0.29) is 0 Å². The predicted molar refractivity (Wildman–Crippen MR) is 258 cm³/mol. The molecule has 0 aliphatic carbocycles. The third kappa shape index (κ3) is 5.11. The summed E-state index contributed by atoms with van der Waals surface area (Å²) < 4.78 is 19.2. The summed E-state index contributed by atoms with van der Waals surface area (Å²) in [6, 6.07) is 68.3. The first-order chi connectivity index (χ1) is 31.2. The maximum atomic E-state index is 6.47. The van der Waals surface area contributed by atoms with Gasteiger partial charge in [0.05, 0.1) is 5.52 Å². The molecule has 0 radical (unpaired) electrons. The van der Waals surface area contributed by atoms with Crippen LogP contribution in [0.1, 0.15) is 0 Å². The Morgan fingerprint density at radius 1 is 0.254 bits per heavy atom. The number of hydrogen-bond donors (Lipinski definition) is 0. The summed E-state index contributed by atoms with van der Waals surface area (Å²) in [6.07, 6.45) is 0. The number of rotatable bonds is 4. The van der Waals surface area contributed by atoms with Gasteiger partial charge in [-0.15, -0.1) is 0 Å². The largest absolute Gasteiger partial charge is 0.455 e. The van der Waals surface area contributed by atoms with Crippen LogP contribution in [0.3, 0.4) is 0 Å². The molecule has 14 rings (SSSR count). The normalized spacial score (nSPS) is 12.1. The van der Waals surface area contributed by atoms with Crippen LogP contribution >= 0.6 is 0 Å². The van der Waals surface area contributed by atoms with E-state index in [1.54, 1.807) is 0 Å². The molecule has 0 amide bonds. The summed E-state index contributed by atoms with van der Waals surface area (Å²) in [6.45, 7) is 0. The van der Waals surface area contributed by atoms with Gasteiger partial charge in [-0.3, -0.25) is 0 Å². The topological polar surface area (TPSA) is 65.2 Å². The lowest BCUT2D eigenvalue weighted by Gasteiger charge is -2.14. The molecule has 63 heavy (non-hydrogen) atoms. The van der Waals surface area contributed by atoms with Gasteiger partial charge >= 0.3 is 0 Å². The third-order valence-corrected chi connectivity index (χ3v) is 12.9.